The van der Waals surface area contributed by atoms with E-state index in [0.717, 1.165) is 104 Å². The summed E-state index contributed by atoms with van der Waals surface area (Å²) < 4.78 is 0. The number of hydrogen-bond donors (Lipinski definition) is 6. The fourth-order valence-corrected chi connectivity index (χ4v) is 13.6. The van der Waals surface area contributed by atoms with Crippen LogP contribution in [0.5, 0.6) is 0 Å². The summed E-state index contributed by atoms with van der Waals surface area (Å²) in [5, 5.41) is 31.8. The van der Waals surface area contributed by atoms with Gasteiger partial charge in [0.15, 0.2) is 0 Å². The van der Waals surface area contributed by atoms with Gasteiger partial charge >= 0.3 is 0 Å². The zero-order valence-corrected chi connectivity index (χ0v) is 55.9. The first-order chi connectivity index (χ1) is 47.0. The smallest absolute Gasteiger partial charge is 0.270 e. The minimum Gasteiger partial charge on any atom is -0.352 e. The molecule has 0 unspecified atom stereocenters. The molecule has 13 heteroatoms. The lowest BCUT2D eigenvalue weighted by Gasteiger charge is -2.15. The number of aromatic nitrogens is 1. The van der Waals surface area contributed by atoms with Gasteiger partial charge in [-0.3, -0.25) is 28.8 Å². The Morgan fingerprint density at radius 3 is 0.938 bits per heavy atom. The third-order valence-electron chi connectivity index (χ3n) is 18.9. The molecule has 11 aromatic rings. The summed E-state index contributed by atoms with van der Waals surface area (Å²) in [5.74, 6) is -2.52. The maximum atomic E-state index is 14.2. The van der Waals surface area contributed by atoms with Crippen molar-refractivity contribution in [3.05, 3.63) is 220 Å². The van der Waals surface area contributed by atoms with Crippen molar-refractivity contribution >= 4 is 100 Å². The topological polar surface area (TPSA) is 187 Å². The Bertz CT molecular complexity index is 4210. The molecule has 0 aliphatic carbocycles. The molecule has 6 N–H and O–H groups in total. The van der Waals surface area contributed by atoms with E-state index in [-0.39, 0.29) is 72.3 Å². The summed E-state index contributed by atoms with van der Waals surface area (Å²) >= 11 is 0. The molecule has 0 saturated carbocycles. The van der Waals surface area contributed by atoms with Crippen molar-refractivity contribution in [3.63, 3.8) is 0 Å². The van der Waals surface area contributed by atoms with Gasteiger partial charge in [0, 0.05) is 61.5 Å². The molecular formula is C83H91N7O6. The maximum Gasteiger partial charge on any atom is 0.270 e. The minimum absolute atomic E-state index is 0.0241. The summed E-state index contributed by atoms with van der Waals surface area (Å²) in [6, 6.07) is 52.4. The second-order valence-corrected chi connectivity index (χ2v) is 26.0. The standard InChI is InChI=1S/C83H91N7O6/c1-3-5-7-9-11-13-15-17-19-21-44-84-78(91)66-46-56(48-68(50-66)80(93)88-54-64-38-36-62-34-32-58-26-23-28-60-40-42-70(64)76(62)74(58)60)52-86-82(95)72-30-25-31-73(90-72)83(96)87-53-57-47-67(79(92)85-45-22-20-18-16-14-12-10-8-6-4-2)51-69(49-57)81(94)89-55-65-39-37-63-35-33-59-27-24-29-61-41-43-71(65)77(63)75(59)61/h23-43,46-51H,3-22,44-45,52-55H2,1-2H3,(H,84,91)(H,85,92)(H,86,95)(H,87,96)(H,88,93)(H,89,94). The van der Waals surface area contributed by atoms with Gasteiger partial charge in [0.1, 0.15) is 11.4 Å². The highest BCUT2D eigenvalue weighted by atomic mass is 16.2. The van der Waals surface area contributed by atoms with Crippen LogP contribution in [0.4, 0.5) is 0 Å². The first-order valence-electron chi connectivity index (χ1n) is 35.3. The fraction of sp³-hybridized carbons (Fsp3) is 0.337. The van der Waals surface area contributed by atoms with Crippen molar-refractivity contribution in [1.29, 1.82) is 0 Å². The van der Waals surface area contributed by atoms with Crippen LogP contribution in [-0.4, -0.2) is 53.5 Å². The molecule has 10 aromatic carbocycles. The van der Waals surface area contributed by atoms with Gasteiger partial charge in [-0.1, -0.05) is 245 Å². The van der Waals surface area contributed by atoms with Gasteiger partial charge in [0.05, 0.1) is 0 Å². The van der Waals surface area contributed by atoms with E-state index in [9.17, 15) is 28.8 Å². The Kier molecular flexibility index (Phi) is 23.7. The average molecular weight is 1280 g/mol. The molecule has 0 aliphatic heterocycles. The van der Waals surface area contributed by atoms with Gasteiger partial charge in [0.2, 0.25) is 0 Å². The Morgan fingerprint density at radius 2 is 0.573 bits per heavy atom. The largest absolute Gasteiger partial charge is 0.352 e. The predicted molar refractivity (Wildman–Crippen MR) is 390 cm³/mol. The molecule has 6 amide bonds. The van der Waals surface area contributed by atoms with E-state index < -0.39 is 11.8 Å². The number of carbonyl (C=O) groups is 6. The molecule has 0 fully saturated rings. The molecule has 13 nitrogen and oxygen atoms in total. The Morgan fingerprint density at radius 1 is 0.281 bits per heavy atom. The van der Waals surface area contributed by atoms with Crippen LogP contribution < -0.4 is 31.9 Å². The van der Waals surface area contributed by atoms with Gasteiger partial charge in [-0.25, -0.2) is 4.98 Å². The third kappa shape index (κ3) is 17.2. The number of nitrogens with zero attached hydrogens (tertiary/aromatic N) is 1. The monoisotopic (exact) mass is 1280 g/mol. The predicted octanol–water partition coefficient (Wildman–Crippen LogP) is 17.9. The first-order valence-corrected chi connectivity index (χ1v) is 35.3. The van der Waals surface area contributed by atoms with E-state index in [2.05, 4.69) is 148 Å². The van der Waals surface area contributed by atoms with Crippen molar-refractivity contribution < 1.29 is 28.8 Å². The summed E-state index contributed by atoms with van der Waals surface area (Å²) in [5.41, 5.74) is 4.03. The van der Waals surface area contributed by atoms with E-state index in [0.29, 0.717) is 35.3 Å². The minimum atomic E-state index is -0.574. The first kappa shape index (κ1) is 67.7. The van der Waals surface area contributed by atoms with E-state index in [1.807, 2.05) is 12.1 Å². The van der Waals surface area contributed by atoms with Crippen LogP contribution in [0.25, 0.3) is 64.6 Å². The molecular weight excluding hydrogens is 1190 g/mol. The van der Waals surface area contributed by atoms with Gasteiger partial charge < -0.3 is 31.9 Å². The fourth-order valence-electron chi connectivity index (χ4n) is 13.6. The van der Waals surface area contributed by atoms with Gasteiger partial charge in [-0.2, -0.15) is 0 Å². The van der Waals surface area contributed by atoms with Crippen molar-refractivity contribution in [3.8, 4) is 0 Å². The zero-order valence-electron chi connectivity index (χ0n) is 55.9. The Labute approximate surface area is 564 Å². The van der Waals surface area contributed by atoms with Crippen LogP contribution in [0.3, 0.4) is 0 Å². The second kappa shape index (κ2) is 33.6. The van der Waals surface area contributed by atoms with Gasteiger partial charge in [-0.15, -0.1) is 0 Å². The number of rotatable bonds is 36. The van der Waals surface area contributed by atoms with E-state index in [1.54, 1.807) is 42.5 Å². The lowest BCUT2D eigenvalue weighted by atomic mass is 9.92. The summed E-state index contributed by atoms with van der Waals surface area (Å²) in [7, 11) is 0. The van der Waals surface area contributed by atoms with Crippen molar-refractivity contribution in [2.75, 3.05) is 13.1 Å². The number of pyridine rings is 1. The van der Waals surface area contributed by atoms with Crippen LogP contribution >= 0.6 is 0 Å². The normalized spacial score (nSPS) is 11.5. The molecule has 0 bridgehead atoms. The number of carbonyl (C=O) groups excluding carboxylic acids is 6. The molecule has 0 aliphatic rings. The molecule has 96 heavy (non-hydrogen) atoms. The summed E-state index contributed by atoms with van der Waals surface area (Å²) in [4.78, 5) is 88.6. The highest BCUT2D eigenvalue weighted by Gasteiger charge is 2.20. The number of unbranched alkanes of at least 4 members (excludes halogenated alkanes) is 18. The van der Waals surface area contributed by atoms with Crippen molar-refractivity contribution in [2.45, 2.75) is 168 Å². The SMILES string of the molecule is CCCCCCCCCCCCNC(=O)c1cc(CNC(=O)c2cccc(C(=O)NCc3cc(C(=O)NCCCCCCCCCCCC)cc(C(=O)NCc4ccc5ccc6cccc7ccc4c5c67)c3)n2)cc(C(=O)NCc2ccc3ccc4cccc5ccc2c3c45)c1. The quantitative estimate of drug-likeness (QED) is 0.0166. The lowest BCUT2D eigenvalue weighted by molar-refractivity contribution is 0.0931. The van der Waals surface area contributed by atoms with Gasteiger partial charge in [-0.05, 0) is 148 Å². The van der Waals surface area contributed by atoms with E-state index >= 15 is 0 Å². The lowest BCUT2D eigenvalue weighted by Crippen LogP contribution is -2.29. The molecule has 1 aromatic heterocycles. The Hall–Kier alpha value is -9.75. The molecule has 1 heterocycles. The van der Waals surface area contributed by atoms with Crippen molar-refractivity contribution in [2.24, 2.45) is 0 Å². The molecule has 0 spiro atoms. The van der Waals surface area contributed by atoms with Crippen LogP contribution in [0.1, 0.15) is 227 Å². The average Bonchev–Trinajstić information content (AvgIpc) is 0.751. The van der Waals surface area contributed by atoms with Crippen LogP contribution in [-0.2, 0) is 26.2 Å². The summed E-state index contributed by atoms with van der Waals surface area (Å²) in [6.07, 6.45) is 23.5. The number of benzene rings is 10. The molecule has 0 radical (unpaired) electrons. The maximum absolute atomic E-state index is 14.2. The van der Waals surface area contributed by atoms with Gasteiger partial charge in [0.25, 0.3) is 35.4 Å². The van der Waals surface area contributed by atoms with Crippen LogP contribution in [0.15, 0.2) is 164 Å². The second-order valence-electron chi connectivity index (χ2n) is 26.0. The van der Waals surface area contributed by atoms with Crippen molar-refractivity contribution in [1.82, 2.24) is 36.9 Å². The highest BCUT2D eigenvalue weighted by molar-refractivity contribution is 6.25. The number of amides is 6. The summed E-state index contributed by atoms with van der Waals surface area (Å²) in [6.45, 7) is 5.84. The van der Waals surface area contributed by atoms with E-state index in [1.165, 1.54) is 113 Å². The highest BCUT2D eigenvalue weighted by Crippen LogP contribution is 2.38. The molecule has 494 valence electrons. The molecule has 0 atom stereocenters. The van der Waals surface area contributed by atoms with E-state index in [4.69, 9.17) is 0 Å². The Balaban J connectivity index is 0.746. The molecule has 0 saturated heterocycles. The van der Waals surface area contributed by atoms with Crippen LogP contribution in [0.2, 0.25) is 0 Å². The zero-order chi connectivity index (χ0) is 66.6. The molecule has 11 rings (SSSR count). The third-order valence-corrected chi connectivity index (χ3v) is 18.9. The van der Waals surface area contributed by atoms with Crippen LogP contribution in [0, 0.1) is 0 Å². The number of nitrogens with one attached hydrogen (secondary N) is 6. The number of hydrogen-bond acceptors (Lipinski definition) is 7.